The molecule has 10 heteroatoms. The van der Waals surface area contributed by atoms with Crippen LogP contribution in [0.25, 0.3) is 0 Å². The highest BCUT2D eigenvalue weighted by atomic mass is 19.3. The van der Waals surface area contributed by atoms with E-state index in [4.69, 9.17) is 4.74 Å². The maximum Gasteiger partial charge on any atom is 0.270 e. The fraction of sp³-hybridized carbons (Fsp3) is 0.452. The molecular formula is C31H38F2N6O2. The fourth-order valence-corrected chi connectivity index (χ4v) is 5.14. The highest BCUT2D eigenvalue weighted by molar-refractivity contribution is 5.98. The zero-order valence-corrected chi connectivity index (χ0v) is 23.9. The number of Topliss-reactive ketones (excluding diaryl/α,β-unsaturated/α-hetero) is 1. The third kappa shape index (κ3) is 7.44. The summed E-state index contributed by atoms with van der Waals surface area (Å²) >= 11 is 0. The number of likely N-dealkylation sites (N-methyl/N-ethyl adjacent to an activating group) is 1. The van der Waals surface area contributed by atoms with Gasteiger partial charge in [-0.05, 0) is 42.3 Å². The first-order chi connectivity index (χ1) is 19.7. The Morgan fingerprint density at radius 2 is 1.83 bits per heavy atom. The summed E-state index contributed by atoms with van der Waals surface area (Å²) in [5.74, 6) is -1.65. The van der Waals surface area contributed by atoms with Gasteiger partial charge in [-0.15, -0.1) is 0 Å². The van der Waals surface area contributed by atoms with Crippen molar-refractivity contribution in [3.8, 4) is 11.6 Å². The van der Waals surface area contributed by atoms with Crippen LogP contribution < -0.4 is 15.4 Å². The molecular weight excluding hydrogens is 526 g/mol. The molecule has 41 heavy (non-hydrogen) atoms. The van der Waals surface area contributed by atoms with E-state index < -0.39 is 5.92 Å². The van der Waals surface area contributed by atoms with Gasteiger partial charge in [0.1, 0.15) is 17.9 Å². The number of ketones is 1. The summed E-state index contributed by atoms with van der Waals surface area (Å²) in [6, 6.07) is 12.3. The number of hydrogen-bond acceptors (Lipinski definition) is 8. The quantitative estimate of drug-likeness (QED) is 0.326. The summed E-state index contributed by atoms with van der Waals surface area (Å²) in [5.41, 5.74) is 2.44. The third-order valence-corrected chi connectivity index (χ3v) is 7.82. The van der Waals surface area contributed by atoms with E-state index in [1.54, 1.807) is 30.3 Å². The van der Waals surface area contributed by atoms with Crippen molar-refractivity contribution in [1.82, 2.24) is 25.1 Å². The predicted molar refractivity (Wildman–Crippen MR) is 155 cm³/mol. The third-order valence-electron chi connectivity index (χ3n) is 7.82. The second-order valence-corrected chi connectivity index (χ2v) is 11.0. The number of alkyl halides is 2. The maximum atomic E-state index is 14.7. The van der Waals surface area contributed by atoms with Crippen molar-refractivity contribution in [1.29, 1.82) is 0 Å². The largest absolute Gasteiger partial charge is 0.439 e. The first-order valence-corrected chi connectivity index (χ1v) is 14.2. The molecule has 0 saturated carbocycles. The first kappa shape index (κ1) is 29.0. The number of carbonyl (C=O) groups excluding carboxylic acids is 1. The van der Waals surface area contributed by atoms with Gasteiger partial charge in [0.25, 0.3) is 5.92 Å². The zero-order valence-electron chi connectivity index (χ0n) is 23.9. The number of halogens is 2. The molecule has 2 aliphatic rings. The van der Waals surface area contributed by atoms with Crippen molar-refractivity contribution in [2.45, 2.75) is 45.7 Å². The van der Waals surface area contributed by atoms with Crippen LogP contribution in [0.3, 0.4) is 0 Å². The van der Waals surface area contributed by atoms with E-state index in [9.17, 15) is 13.6 Å². The lowest BCUT2D eigenvalue weighted by Crippen LogP contribution is -2.51. The smallest absolute Gasteiger partial charge is 0.270 e. The van der Waals surface area contributed by atoms with Gasteiger partial charge >= 0.3 is 0 Å². The normalized spacial score (nSPS) is 16.8. The highest BCUT2D eigenvalue weighted by Crippen LogP contribution is 2.32. The van der Waals surface area contributed by atoms with Gasteiger partial charge in [0.2, 0.25) is 5.88 Å². The Bertz CT molecular complexity index is 1370. The van der Waals surface area contributed by atoms with E-state index in [0.717, 1.165) is 58.3 Å². The second kappa shape index (κ2) is 12.6. The second-order valence-electron chi connectivity index (χ2n) is 11.0. The predicted octanol–water partition coefficient (Wildman–Crippen LogP) is 4.64. The molecule has 0 aliphatic carbocycles. The van der Waals surface area contributed by atoms with E-state index in [2.05, 4.69) is 37.3 Å². The minimum absolute atomic E-state index is 0.0119. The van der Waals surface area contributed by atoms with Crippen molar-refractivity contribution in [2.75, 3.05) is 51.1 Å². The number of rotatable bonds is 11. The average Bonchev–Trinajstić information content (AvgIpc) is 2.93. The fourth-order valence-electron chi connectivity index (χ4n) is 5.14. The molecule has 218 valence electrons. The number of carbonyl (C=O) groups is 1. The molecule has 2 saturated heterocycles. The summed E-state index contributed by atoms with van der Waals surface area (Å²) in [7, 11) is 0. The highest BCUT2D eigenvalue weighted by Gasteiger charge is 2.29. The summed E-state index contributed by atoms with van der Waals surface area (Å²) in [4.78, 5) is 26.3. The van der Waals surface area contributed by atoms with Crippen LogP contribution in [0.15, 0.2) is 48.8 Å². The molecule has 2 aliphatic heterocycles. The number of ether oxygens (including phenoxy) is 1. The topological polar surface area (TPSA) is 82.6 Å². The Morgan fingerprint density at radius 3 is 2.51 bits per heavy atom. The van der Waals surface area contributed by atoms with Gasteiger partial charge in [-0.1, -0.05) is 31.2 Å². The van der Waals surface area contributed by atoms with E-state index in [1.807, 2.05) is 13.0 Å². The molecule has 8 nitrogen and oxygen atoms in total. The number of aryl methyl sites for hydroxylation is 1. The van der Waals surface area contributed by atoms with Crippen LogP contribution in [-0.4, -0.2) is 77.4 Å². The monoisotopic (exact) mass is 564 g/mol. The molecule has 0 unspecified atom stereocenters. The number of nitrogens with zero attached hydrogens (tertiary/aromatic N) is 4. The van der Waals surface area contributed by atoms with E-state index in [-0.39, 0.29) is 17.8 Å². The minimum Gasteiger partial charge on any atom is -0.439 e. The number of piperazine rings is 1. The van der Waals surface area contributed by atoms with Gasteiger partial charge in [-0.3, -0.25) is 9.69 Å². The van der Waals surface area contributed by atoms with Gasteiger partial charge in [-0.2, -0.15) is 0 Å². The molecule has 2 N–H and O–H groups in total. The van der Waals surface area contributed by atoms with Crippen LogP contribution in [0.4, 0.5) is 14.6 Å². The molecule has 0 atom stereocenters. The number of benzene rings is 2. The Labute approximate surface area is 240 Å². The number of aromatic nitrogens is 2. The van der Waals surface area contributed by atoms with E-state index >= 15 is 0 Å². The van der Waals surface area contributed by atoms with Gasteiger partial charge in [0, 0.05) is 76.4 Å². The van der Waals surface area contributed by atoms with Gasteiger partial charge in [0.05, 0.1) is 6.04 Å². The van der Waals surface area contributed by atoms with E-state index in [0.29, 0.717) is 46.7 Å². The van der Waals surface area contributed by atoms with Crippen LogP contribution in [-0.2, 0) is 18.9 Å². The van der Waals surface area contributed by atoms with Crippen LogP contribution in [0.2, 0.25) is 0 Å². The molecule has 0 spiro atoms. The minimum atomic E-state index is -3.01. The maximum absolute atomic E-state index is 14.7. The molecule has 1 aromatic heterocycles. The molecule has 0 bridgehead atoms. The van der Waals surface area contributed by atoms with Gasteiger partial charge in [0.15, 0.2) is 5.78 Å². The molecule has 2 fully saturated rings. The Balaban J connectivity index is 1.28. The van der Waals surface area contributed by atoms with Crippen molar-refractivity contribution in [3.05, 3.63) is 76.6 Å². The lowest BCUT2D eigenvalue weighted by Gasteiger charge is -2.34. The Kier molecular flexibility index (Phi) is 8.91. The van der Waals surface area contributed by atoms with Crippen molar-refractivity contribution < 1.29 is 18.3 Å². The van der Waals surface area contributed by atoms with E-state index in [1.165, 1.54) is 12.4 Å². The number of nitrogens with one attached hydrogen (secondary N) is 2. The summed E-state index contributed by atoms with van der Waals surface area (Å²) in [6.45, 7) is 11.8. The molecule has 0 amide bonds. The molecule has 5 rings (SSSR count). The lowest BCUT2D eigenvalue weighted by atomic mass is 9.95. The molecule has 2 aromatic carbocycles. The average molecular weight is 565 g/mol. The van der Waals surface area contributed by atoms with Gasteiger partial charge < -0.3 is 20.3 Å². The standard InChI is InChI=1S/C31H38F2N6O2/c1-4-38-9-11-39(12-10-38)19-24-8-6-22(13-26(24)31(3,32)33)14-27(40)23-7-5-21(2)28(15-23)41-30-16-29(35-20-36-30)37-25-17-34-18-25/h5-8,13,15-16,20,25,34H,4,9-12,14,17-19H2,1-3H3,(H,35,36,37). The molecule has 3 heterocycles. The molecule has 0 radical (unpaired) electrons. The van der Waals surface area contributed by atoms with Crippen molar-refractivity contribution in [2.24, 2.45) is 0 Å². The zero-order chi connectivity index (χ0) is 29.0. The Hall–Kier alpha value is -3.47. The van der Waals surface area contributed by atoms with Crippen LogP contribution in [0.1, 0.15) is 46.5 Å². The molecule has 3 aromatic rings. The summed E-state index contributed by atoms with van der Waals surface area (Å²) < 4.78 is 35.4. The Morgan fingerprint density at radius 1 is 1.07 bits per heavy atom. The van der Waals surface area contributed by atoms with Crippen LogP contribution in [0, 0.1) is 6.92 Å². The summed E-state index contributed by atoms with van der Waals surface area (Å²) in [5, 5.41) is 6.52. The van der Waals surface area contributed by atoms with Crippen LogP contribution >= 0.6 is 0 Å². The van der Waals surface area contributed by atoms with Crippen molar-refractivity contribution in [3.63, 3.8) is 0 Å². The number of anilines is 1. The SMILES string of the molecule is CCN1CCN(Cc2ccc(CC(=O)c3ccc(C)c(Oc4cc(NC5CNC5)ncn4)c3)cc2C(C)(F)F)CC1. The van der Waals surface area contributed by atoms with Crippen LogP contribution in [0.5, 0.6) is 11.6 Å². The van der Waals surface area contributed by atoms with Crippen molar-refractivity contribution >= 4 is 11.6 Å². The van der Waals surface area contributed by atoms with Gasteiger partial charge in [-0.25, -0.2) is 18.7 Å². The summed E-state index contributed by atoms with van der Waals surface area (Å²) in [6.07, 6.45) is 1.45. The first-order valence-electron chi connectivity index (χ1n) is 14.2. The lowest BCUT2D eigenvalue weighted by molar-refractivity contribution is 0.0153. The number of hydrogen-bond donors (Lipinski definition) is 2.